The maximum absolute atomic E-state index is 11.9. The van der Waals surface area contributed by atoms with Gasteiger partial charge in [-0.3, -0.25) is 4.79 Å². The van der Waals surface area contributed by atoms with Gasteiger partial charge in [0.1, 0.15) is 5.75 Å². The highest BCUT2D eigenvalue weighted by Gasteiger charge is 2.22. The zero-order chi connectivity index (χ0) is 15.1. The first-order valence-corrected chi connectivity index (χ1v) is 6.94. The van der Waals surface area contributed by atoms with Gasteiger partial charge in [-0.25, -0.2) is 4.79 Å². The van der Waals surface area contributed by atoms with E-state index >= 15 is 0 Å². The molecule has 0 spiro atoms. The molecular formula is C16H22O4. The number of rotatable bonds is 7. The van der Waals surface area contributed by atoms with Crippen molar-refractivity contribution in [2.75, 3.05) is 6.61 Å². The van der Waals surface area contributed by atoms with E-state index in [0.29, 0.717) is 24.3 Å². The fourth-order valence-electron chi connectivity index (χ4n) is 1.89. The van der Waals surface area contributed by atoms with Crippen molar-refractivity contribution in [1.82, 2.24) is 0 Å². The van der Waals surface area contributed by atoms with Gasteiger partial charge >= 0.3 is 5.97 Å². The van der Waals surface area contributed by atoms with Crippen LogP contribution in [0.15, 0.2) is 18.2 Å². The molecule has 0 aliphatic carbocycles. The molecule has 1 aromatic carbocycles. The standard InChI is InChI=1S/C16H22O4/c1-5-7-14(16(18)19-6-2)20-15-10-11(3)8-9-13(15)12(4)17/h8-10,14H,5-7H2,1-4H3. The van der Waals surface area contributed by atoms with Gasteiger partial charge in [0.15, 0.2) is 11.9 Å². The van der Waals surface area contributed by atoms with Gasteiger partial charge in [0, 0.05) is 0 Å². The first-order valence-electron chi connectivity index (χ1n) is 6.94. The molecular weight excluding hydrogens is 256 g/mol. The molecule has 0 amide bonds. The summed E-state index contributed by atoms with van der Waals surface area (Å²) >= 11 is 0. The number of aryl methyl sites for hydroxylation is 1. The third-order valence-electron chi connectivity index (χ3n) is 2.89. The van der Waals surface area contributed by atoms with Crippen LogP contribution in [0.25, 0.3) is 0 Å². The Morgan fingerprint density at radius 2 is 1.95 bits per heavy atom. The van der Waals surface area contributed by atoms with Crippen LogP contribution in [0.4, 0.5) is 0 Å². The minimum atomic E-state index is -0.667. The molecule has 0 heterocycles. The summed E-state index contributed by atoms with van der Waals surface area (Å²) in [7, 11) is 0. The molecule has 0 radical (unpaired) electrons. The van der Waals surface area contributed by atoms with E-state index in [1.54, 1.807) is 19.1 Å². The van der Waals surface area contributed by atoms with Crippen LogP contribution in [0.5, 0.6) is 5.75 Å². The summed E-state index contributed by atoms with van der Waals surface area (Å²) in [5.74, 6) is -0.0199. The second-order valence-electron chi connectivity index (χ2n) is 4.70. The van der Waals surface area contributed by atoms with Crippen LogP contribution in [-0.2, 0) is 9.53 Å². The molecule has 4 nitrogen and oxygen atoms in total. The number of hydrogen-bond acceptors (Lipinski definition) is 4. The summed E-state index contributed by atoms with van der Waals surface area (Å²) in [6.45, 7) is 7.44. The summed E-state index contributed by atoms with van der Waals surface area (Å²) in [5, 5.41) is 0. The quantitative estimate of drug-likeness (QED) is 0.567. The lowest BCUT2D eigenvalue weighted by molar-refractivity contribution is -0.151. The van der Waals surface area contributed by atoms with Crippen molar-refractivity contribution < 1.29 is 19.1 Å². The molecule has 1 aromatic rings. The maximum Gasteiger partial charge on any atom is 0.347 e. The molecule has 0 aliphatic rings. The summed E-state index contributed by atoms with van der Waals surface area (Å²) < 4.78 is 10.8. The number of ether oxygens (including phenoxy) is 2. The van der Waals surface area contributed by atoms with Gasteiger partial charge in [0.2, 0.25) is 0 Å². The second kappa shape index (κ2) is 7.68. The Morgan fingerprint density at radius 3 is 2.50 bits per heavy atom. The van der Waals surface area contributed by atoms with E-state index < -0.39 is 6.10 Å². The van der Waals surface area contributed by atoms with Crippen LogP contribution >= 0.6 is 0 Å². The van der Waals surface area contributed by atoms with Crippen LogP contribution < -0.4 is 4.74 Å². The first-order chi connectivity index (χ1) is 9.49. The molecule has 1 atom stereocenters. The zero-order valence-electron chi connectivity index (χ0n) is 12.6. The Hall–Kier alpha value is -1.84. The predicted octanol–water partition coefficient (Wildman–Crippen LogP) is 3.31. The topological polar surface area (TPSA) is 52.6 Å². The Labute approximate surface area is 120 Å². The maximum atomic E-state index is 11.9. The van der Waals surface area contributed by atoms with Gasteiger partial charge in [0.05, 0.1) is 12.2 Å². The van der Waals surface area contributed by atoms with Crippen molar-refractivity contribution in [2.24, 2.45) is 0 Å². The normalized spacial score (nSPS) is 11.8. The summed E-state index contributed by atoms with van der Waals surface area (Å²) in [6.07, 6.45) is 0.689. The largest absolute Gasteiger partial charge is 0.478 e. The molecule has 1 rings (SSSR count). The van der Waals surface area contributed by atoms with E-state index in [2.05, 4.69) is 0 Å². The van der Waals surface area contributed by atoms with Crippen molar-refractivity contribution in [3.8, 4) is 5.75 Å². The Morgan fingerprint density at radius 1 is 1.25 bits per heavy atom. The molecule has 0 saturated carbocycles. The lowest BCUT2D eigenvalue weighted by Crippen LogP contribution is -2.29. The van der Waals surface area contributed by atoms with Gasteiger partial charge in [-0.15, -0.1) is 0 Å². The molecule has 0 aromatic heterocycles. The Balaban J connectivity index is 3.00. The molecule has 4 heteroatoms. The molecule has 0 bridgehead atoms. The smallest absolute Gasteiger partial charge is 0.347 e. The molecule has 1 unspecified atom stereocenters. The molecule has 20 heavy (non-hydrogen) atoms. The number of ketones is 1. The minimum Gasteiger partial charge on any atom is -0.478 e. The van der Waals surface area contributed by atoms with Crippen molar-refractivity contribution in [3.05, 3.63) is 29.3 Å². The predicted molar refractivity (Wildman–Crippen MR) is 77.1 cm³/mol. The number of hydrogen-bond donors (Lipinski definition) is 0. The first kappa shape index (κ1) is 16.2. The fourth-order valence-corrected chi connectivity index (χ4v) is 1.89. The van der Waals surface area contributed by atoms with E-state index in [0.717, 1.165) is 12.0 Å². The second-order valence-corrected chi connectivity index (χ2v) is 4.70. The lowest BCUT2D eigenvalue weighted by Gasteiger charge is -2.19. The highest BCUT2D eigenvalue weighted by Crippen LogP contribution is 2.23. The van der Waals surface area contributed by atoms with Crippen molar-refractivity contribution >= 4 is 11.8 Å². The fraction of sp³-hybridized carbons (Fsp3) is 0.500. The van der Waals surface area contributed by atoms with Crippen molar-refractivity contribution in [3.63, 3.8) is 0 Å². The zero-order valence-corrected chi connectivity index (χ0v) is 12.6. The third-order valence-corrected chi connectivity index (χ3v) is 2.89. The van der Waals surface area contributed by atoms with Gasteiger partial charge in [-0.1, -0.05) is 19.4 Å². The number of benzene rings is 1. The van der Waals surface area contributed by atoms with E-state index in [9.17, 15) is 9.59 Å². The van der Waals surface area contributed by atoms with Crippen LogP contribution in [0.1, 0.15) is 49.5 Å². The summed E-state index contributed by atoms with van der Waals surface area (Å²) in [5.41, 5.74) is 1.46. The van der Waals surface area contributed by atoms with E-state index in [4.69, 9.17) is 9.47 Å². The van der Waals surface area contributed by atoms with E-state index in [1.807, 2.05) is 19.9 Å². The van der Waals surface area contributed by atoms with Crippen molar-refractivity contribution in [1.29, 1.82) is 0 Å². The average molecular weight is 278 g/mol. The lowest BCUT2D eigenvalue weighted by atomic mass is 10.1. The summed E-state index contributed by atoms with van der Waals surface area (Å²) in [4.78, 5) is 23.5. The number of esters is 1. The SMILES string of the molecule is CCCC(Oc1cc(C)ccc1C(C)=O)C(=O)OCC. The third kappa shape index (κ3) is 4.37. The van der Waals surface area contributed by atoms with Gasteiger partial charge in [-0.2, -0.15) is 0 Å². The number of carbonyl (C=O) groups is 2. The van der Waals surface area contributed by atoms with Crippen LogP contribution in [-0.4, -0.2) is 24.5 Å². The van der Waals surface area contributed by atoms with E-state index in [1.165, 1.54) is 6.92 Å². The number of Topliss-reactive ketones (excluding diaryl/α,β-unsaturated/α-hetero) is 1. The minimum absolute atomic E-state index is 0.0842. The van der Waals surface area contributed by atoms with Crippen LogP contribution in [0.2, 0.25) is 0 Å². The molecule has 0 aliphatic heterocycles. The number of carbonyl (C=O) groups excluding carboxylic acids is 2. The van der Waals surface area contributed by atoms with Gasteiger partial charge in [0.25, 0.3) is 0 Å². The monoisotopic (exact) mass is 278 g/mol. The van der Waals surface area contributed by atoms with Crippen molar-refractivity contribution in [2.45, 2.75) is 46.6 Å². The molecule has 0 fully saturated rings. The Bertz CT molecular complexity index is 479. The average Bonchev–Trinajstić information content (AvgIpc) is 2.38. The van der Waals surface area contributed by atoms with Gasteiger partial charge < -0.3 is 9.47 Å². The summed E-state index contributed by atoms with van der Waals surface area (Å²) in [6, 6.07) is 5.35. The molecule has 0 N–H and O–H groups in total. The highest BCUT2D eigenvalue weighted by atomic mass is 16.6. The van der Waals surface area contributed by atoms with Crippen LogP contribution in [0, 0.1) is 6.92 Å². The van der Waals surface area contributed by atoms with Gasteiger partial charge in [-0.05, 0) is 44.9 Å². The Kier molecular flexibility index (Phi) is 6.22. The van der Waals surface area contributed by atoms with Crippen LogP contribution in [0.3, 0.4) is 0 Å². The molecule has 0 saturated heterocycles. The van der Waals surface area contributed by atoms with E-state index in [-0.39, 0.29) is 11.8 Å². The highest BCUT2D eigenvalue weighted by molar-refractivity contribution is 5.97. The molecule has 110 valence electrons.